The summed E-state index contributed by atoms with van der Waals surface area (Å²) in [5.74, 6) is -2.36. The van der Waals surface area contributed by atoms with Crippen LogP contribution in [0.2, 0.25) is 0 Å². The molecule has 53 heavy (non-hydrogen) atoms. The summed E-state index contributed by atoms with van der Waals surface area (Å²) in [4.78, 5) is 27.4. The van der Waals surface area contributed by atoms with Gasteiger partial charge in [0.15, 0.2) is 12.6 Å². The highest BCUT2D eigenvalue weighted by molar-refractivity contribution is 5.82. The molecule has 2 heterocycles. The predicted molar refractivity (Wildman–Crippen MR) is 198 cm³/mol. The Morgan fingerprint density at radius 1 is 0.528 bits per heavy atom. The molecule has 13 nitrogen and oxygen atoms in total. The Hall–Kier alpha value is -1.10. The van der Waals surface area contributed by atoms with Crippen LogP contribution < -0.4 is 0 Å². The second-order valence-corrected chi connectivity index (χ2v) is 15.8. The maximum Gasteiger partial charge on any atom is 0.189 e. The van der Waals surface area contributed by atoms with Crippen LogP contribution >= 0.6 is 0 Å². The molecular weight excluding hydrogens is 688 g/mol. The Morgan fingerprint density at radius 3 is 1.19 bits per heavy atom. The average molecular weight is 763 g/mol. The molecule has 3 unspecified atom stereocenters. The second-order valence-electron chi connectivity index (χ2n) is 15.8. The summed E-state index contributed by atoms with van der Waals surface area (Å²) in [6.07, 6.45) is -7.06. The first-order chi connectivity index (χ1) is 25.1. The maximum atomic E-state index is 13.7. The highest BCUT2D eigenvalue weighted by Gasteiger charge is 2.51. The Balaban J connectivity index is 2.20. The molecule has 0 bridgehead atoms. The number of aliphatic hydroxyl groups excluding tert-OH is 8. The van der Waals surface area contributed by atoms with Crippen molar-refractivity contribution in [2.75, 3.05) is 0 Å². The largest absolute Gasteiger partial charge is 0.393 e. The summed E-state index contributed by atoms with van der Waals surface area (Å²) in [5.41, 5.74) is 0. The summed E-state index contributed by atoms with van der Waals surface area (Å²) in [6, 6.07) is 0. The smallest absolute Gasteiger partial charge is 0.189 e. The number of carbonyl (C=O) groups is 2. The van der Waals surface area contributed by atoms with Gasteiger partial charge >= 0.3 is 0 Å². The normalized spacial score (nSPS) is 32.8. The molecule has 2 aliphatic heterocycles. The van der Waals surface area contributed by atoms with Crippen molar-refractivity contribution in [3.05, 3.63) is 0 Å². The molecule has 2 fully saturated rings. The fraction of sp³-hybridized carbons (Fsp3) is 0.950. The van der Waals surface area contributed by atoms with Crippen molar-refractivity contribution in [2.24, 2.45) is 23.7 Å². The lowest BCUT2D eigenvalue weighted by atomic mass is 9.79. The minimum Gasteiger partial charge on any atom is -0.393 e. The molecule has 0 saturated carbocycles. The number of Topliss-reactive ketones (excluding diaryl/α,β-unsaturated/α-hetero) is 2. The molecule has 0 aliphatic carbocycles. The molecule has 0 spiro atoms. The molecular formula is C40H74O13. The van der Waals surface area contributed by atoms with Gasteiger partial charge in [-0.25, -0.2) is 0 Å². The van der Waals surface area contributed by atoms with Gasteiger partial charge in [0.2, 0.25) is 0 Å². The lowest BCUT2D eigenvalue weighted by Gasteiger charge is -2.45. The number of hydrogen-bond donors (Lipinski definition) is 8. The van der Waals surface area contributed by atoms with E-state index in [1.165, 1.54) is 0 Å². The lowest BCUT2D eigenvalue weighted by molar-refractivity contribution is -0.373. The maximum absolute atomic E-state index is 13.7. The van der Waals surface area contributed by atoms with Gasteiger partial charge < -0.3 is 55.1 Å². The molecule has 0 aromatic rings. The first-order valence-electron chi connectivity index (χ1n) is 20.6. The summed E-state index contributed by atoms with van der Waals surface area (Å²) in [7, 11) is 0. The van der Waals surface area contributed by atoms with E-state index >= 15 is 0 Å². The summed E-state index contributed by atoms with van der Waals surface area (Å²) in [5, 5.41) is 86.2. The molecule has 0 aromatic heterocycles. The standard InChI is InChI=1S/C40H74O13/c1-7-11-13-15-17-19-25(23(5)27(41)9-3)29(43)21-31-33(45)35(47)37(49)39(51-31)53-40-38(50)36(48)34(46)32(52-40)22-30(44)26(24(6)28(42)10-4)20-18-16-14-12-8-2/h23-28,31-42,45-50H,7-22H2,1-6H3/t23?,24?,25-,26+,27-,28-,31-,32+,33-,34+,35+,36-,37-,38+,39?,40+/m1/s1. The van der Waals surface area contributed by atoms with Crippen LogP contribution in [0.1, 0.15) is 144 Å². The fourth-order valence-corrected chi connectivity index (χ4v) is 7.88. The minimum atomic E-state index is -1.85. The first-order valence-corrected chi connectivity index (χ1v) is 20.6. The SMILES string of the molecule is CCCCCCC[C@H](C(=O)C[C@@H]1O[C@@H](OC2O[C@H](CC(=O)[C@H](CCCCCCC)C(C)[C@H](O)CC)[C@@H](O)[C@H](O)[C@H]2O)[C@@H](O)[C@H](O)[C@H]1O)C(C)[C@H](O)CC. The molecule has 16 atom stereocenters. The molecule has 0 radical (unpaired) electrons. The van der Waals surface area contributed by atoms with Crippen LogP contribution in [0.5, 0.6) is 0 Å². The van der Waals surface area contributed by atoms with Gasteiger partial charge in [0, 0.05) is 24.7 Å². The average Bonchev–Trinajstić information content (AvgIpc) is 3.14. The van der Waals surface area contributed by atoms with E-state index in [9.17, 15) is 50.4 Å². The van der Waals surface area contributed by atoms with E-state index in [0.717, 1.165) is 64.2 Å². The lowest BCUT2D eigenvalue weighted by Crippen LogP contribution is -2.63. The van der Waals surface area contributed by atoms with Crippen LogP contribution in [0.3, 0.4) is 0 Å². The van der Waals surface area contributed by atoms with Crippen LogP contribution in [0.4, 0.5) is 0 Å². The summed E-state index contributed by atoms with van der Waals surface area (Å²) in [6.45, 7) is 11.5. The number of carbonyl (C=O) groups excluding carboxylic acids is 2. The molecule has 2 saturated heterocycles. The van der Waals surface area contributed by atoms with Crippen molar-refractivity contribution >= 4 is 11.6 Å². The zero-order valence-electron chi connectivity index (χ0n) is 33.2. The molecule has 0 aromatic carbocycles. The van der Waals surface area contributed by atoms with E-state index in [4.69, 9.17) is 14.2 Å². The number of ketones is 2. The Kier molecular flexibility index (Phi) is 22.2. The van der Waals surface area contributed by atoms with Crippen LogP contribution in [-0.2, 0) is 23.8 Å². The third kappa shape index (κ3) is 14.1. The van der Waals surface area contributed by atoms with Crippen molar-refractivity contribution in [1.82, 2.24) is 0 Å². The number of hydrogen-bond acceptors (Lipinski definition) is 13. The summed E-state index contributed by atoms with van der Waals surface area (Å²) < 4.78 is 17.4. The zero-order chi connectivity index (χ0) is 39.8. The summed E-state index contributed by atoms with van der Waals surface area (Å²) >= 11 is 0. The third-order valence-electron chi connectivity index (χ3n) is 11.8. The molecule has 13 heteroatoms. The van der Waals surface area contributed by atoms with Gasteiger partial charge in [-0.1, -0.05) is 106 Å². The van der Waals surface area contributed by atoms with Gasteiger partial charge in [-0.2, -0.15) is 0 Å². The quantitative estimate of drug-likeness (QED) is 0.0594. The Morgan fingerprint density at radius 2 is 0.868 bits per heavy atom. The van der Waals surface area contributed by atoms with Crippen molar-refractivity contribution < 1.29 is 64.7 Å². The zero-order valence-corrected chi connectivity index (χ0v) is 33.2. The van der Waals surface area contributed by atoms with Crippen LogP contribution in [-0.4, -0.2) is 126 Å². The van der Waals surface area contributed by atoms with Crippen LogP contribution in [0.15, 0.2) is 0 Å². The van der Waals surface area contributed by atoms with Crippen molar-refractivity contribution in [2.45, 2.75) is 218 Å². The fourth-order valence-electron chi connectivity index (χ4n) is 7.88. The molecule has 0 amide bonds. The van der Waals surface area contributed by atoms with Gasteiger partial charge in [0.05, 0.1) is 24.4 Å². The van der Waals surface area contributed by atoms with Gasteiger partial charge in [0.1, 0.15) is 48.2 Å². The van der Waals surface area contributed by atoms with E-state index < -0.39 is 85.5 Å². The number of rotatable bonds is 26. The van der Waals surface area contributed by atoms with Gasteiger partial charge in [-0.3, -0.25) is 9.59 Å². The van der Waals surface area contributed by atoms with E-state index in [-0.39, 0.29) is 36.2 Å². The van der Waals surface area contributed by atoms with Crippen molar-refractivity contribution in [3.8, 4) is 0 Å². The number of aliphatic hydroxyl groups is 8. The molecule has 2 aliphatic rings. The molecule has 2 rings (SSSR count). The van der Waals surface area contributed by atoms with Gasteiger partial charge in [-0.15, -0.1) is 0 Å². The van der Waals surface area contributed by atoms with E-state index in [1.807, 2.05) is 27.7 Å². The Bertz CT molecular complexity index is 953. The van der Waals surface area contributed by atoms with Crippen molar-refractivity contribution in [3.63, 3.8) is 0 Å². The van der Waals surface area contributed by atoms with E-state index in [0.29, 0.717) is 25.7 Å². The second kappa shape index (κ2) is 24.5. The van der Waals surface area contributed by atoms with Gasteiger partial charge in [0.25, 0.3) is 0 Å². The molecule has 8 N–H and O–H groups in total. The third-order valence-corrected chi connectivity index (χ3v) is 11.8. The van der Waals surface area contributed by atoms with Gasteiger partial charge in [-0.05, 0) is 37.5 Å². The van der Waals surface area contributed by atoms with E-state index in [2.05, 4.69) is 13.8 Å². The highest BCUT2D eigenvalue weighted by Crippen LogP contribution is 2.34. The minimum absolute atomic E-state index is 0.278. The first kappa shape index (κ1) is 48.0. The Labute approximate surface area is 317 Å². The number of ether oxygens (including phenoxy) is 3. The monoisotopic (exact) mass is 763 g/mol. The number of unbranched alkanes of at least 4 members (excludes halogenated alkanes) is 8. The topological polar surface area (TPSA) is 224 Å². The predicted octanol–water partition coefficient (Wildman–Crippen LogP) is 3.30. The highest BCUT2D eigenvalue weighted by atomic mass is 16.8. The van der Waals surface area contributed by atoms with Crippen LogP contribution in [0, 0.1) is 23.7 Å². The van der Waals surface area contributed by atoms with Crippen LogP contribution in [0.25, 0.3) is 0 Å². The van der Waals surface area contributed by atoms with E-state index in [1.54, 1.807) is 0 Å². The molecule has 312 valence electrons. The van der Waals surface area contributed by atoms with Crippen molar-refractivity contribution in [1.29, 1.82) is 0 Å².